The van der Waals surface area contributed by atoms with E-state index >= 15 is 0 Å². The van der Waals surface area contributed by atoms with Gasteiger partial charge in [0.1, 0.15) is 10.7 Å². The fourth-order valence-corrected chi connectivity index (χ4v) is 3.72. The Bertz CT molecular complexity index is 512. The van der Waals surface area contributed by atoms with E-state index in [0.29, 0.717) is 4.47 Å². The molecule has 0 aliphatic heterocycles. The number of hydrogen-bond donors (Lipinski definition) is 1. The summed E-state index contributed by atoms with van der Waals surface area (Å²) in [6.45, 7) is 0. The molecule has 94 valence electrons. The van der Waals surface area contributed by atoms with Crippen LogP contribution in [-0.4, -0.2) is 14.5 Å². The van der Waals surface area contributed by atoms with Crippen molar-refractivity contribution in [1.82, 2.24) is 4.72 Å². The Morgan fingerprint density at radius 1 is 1.29 bits per heavy atom. The van der Waals surface area contributed by atoms with Crippen molar-refractivity contribution in [2.75, 3.05) is 0 Å². The Morgan fingerprint density at radius 3 is 2.53 bits per heavy atom. The fraction of sp³-hybridized carbons (Fsp3) is 0.455. The van der Waals surface area contributed by atoms with Crippen LogP contribution in [0.25, 0.3) is 0 Å². The van der Waals surface area contributed by atoms with Gasteiger partial charge in [0.2, 0.25) is 10.0 Å². The number of rotatable bonds is 3. The molecule has 0 radical (unpaired) electrons. The molecule has 0 amide bonds. The normalized spacial score (nSPS) is 17.5. The van der Waals surface area contributed by atoms with Gasteiger partial charge < -0.3 is 0 Å². The molecule has 3 nitrogen and oxygen atoms in total. The van der Waals surface area contributed by atoms with Crippen LogP contribution in [0.2, 0.25) is 0 Å². The van der Waals surface area contributed by atoms with Gasteiger partial charge in [-0.05, 0) is 31.0 Å². The van der Waals surface area contributed by atoms with Crippen LogP contribution in [0.1, 0.15) is 25.7 Å². The molecule has 0 atom stereocenters. The largest absolute Gasteiger partial charge is 0.243 e. The van der Waals surface area contributed by atoms with E-state index in [-0.39, 0.29) is 10.9 Å². The minimum Gasteiger partial charge on any atom is -0.208 e. The van der Waals surface area contributed by atoms with Crippen LogP contribution in [0.5, 0.6) is 0 Å². The van der Waals surface area contributed by atoms with Crippen molar-refractivity contribution < 1.29 is 12.8 Å². The number of hydrogen-bond acceptors (Lipinski definition) is 2. The molecule has 0 unspecified atom stereocenters. The zero-order valence-electron chi connectivity index (χ0n) is 9.12. The van der Waals surface area contributed by atoms with Crippen LogP contribution >= 0.6 is 15.9 Å². The van der Waals surface area contributed by atoms with Crippen molar-refractivity contribution in [3.05, 3.63) is 28.5 Å². The lowest BCUT2D eigenvalue weighted by atomic mass is 10.3. The fourth-order valence-electron chi connectivity index (χ4n) is 2.02. The van der Waals surface area contributed by atoms with Gasteiger partial charge >= 0.3 is 0 Å². The van der Waals surface area contributed by atoms with Gasteiger partial charge in [-0.15, -0.1) is 0 Å². The lowest BCUT2D eigenvalue weighted by molar-refractivity contribution is 0.536. The summed E-state index contributed by atoms with van der Waals surface area (Å²) >= 11 is 3.10. The summed E-state index contributed by atoms with van der Waals surface area (Å²) in [5, 5.41) is 0. The summed E-state index contributed by atoms with van der Waals surface area (Å²) in [6.07, 6.45) is 3.71. The maximum absolute atomic E-state index is 13.6. The second kappa shape index (κ2) is 5.04. The number of sulfonamides is 1. The van der Waals surface area contributed by atoms with E-state index in [2.05, 4.69) is 20.7 Å². The smallest absolute Gasteiger partial charge is 0.208 e. The lowest BCUT2D eigenvalue weighted by Gasteiger charge is -2.13. The molecular weight excluding hydrogens is 309 g/mol. The number of benzene rings is 1. The molecule has 1 aromatic carbocycles. The van der Waals surface area contributed by atoms with E-state index in [4.69, 9.17) is 0 Å². The topological polar surface area (TPSA) is 46.2 Å². The second-order valence-corrected chi connectivity index (χ2v) is 6.78. The third kappa shape index (κ3) is 3.05. The van der Waals surface area contributed by atoms with Crippen LogP contribution in [0.3, 0.4) is 0 Å². The van der Waals surface area contributed by atoms with Gasteiger partial charge in [-0.3, -0.25) is 0 Å². The predicted octanol–water partition coefficient (Wildman–Crippen LogP) is 2.81. The Hall–Kier alpha value is -0.460. The quantitative estimate of drug-likeness (QED) is 0.930. The van der Waals surface area contributed by atoms with E-state index in [1.54, 1.807) is 0 Å². The summed E-state index contributed by atoms with van der Waals surface area (Å²) < 4.78 is 40.6. The molecule has 1 aliphatic carbocycles. The van der Waals surface area contributed by atoms with Crippen molar-refractivity contribution in [3.63, 3.8) is 0 Å². The van der Waals surface area contributed by atoms with Gasteiger partial charge in [-0.25, -0.2) is 17.5 Å². The molecule has 0 spiro atoms. The molecule has 17 heavy (non-hydrogen) atoms. The minimum atomic E-state index is -3.74. The van der Waals surface area contributed by atoms with E-state index in [9.17, 15) is 12.8 Å². The highest BCUT2D eigenvalue weighted by atomic mass is 79.9. The summed E-state index contributed by atoms with van der Waals surface area (Å²) in [4.78, 5) is -0.285. The third-order valence-electron chi connectivity index (χ3n) is 2.86. The van der Waals surface area contributed by atoms with Crippen molar-refractivity contribution in [2.45, 2.75) is 36.6 Å². The van der Waals surface area contributed by atoms with Crippen LogP contribution in [0.4, 0.5) is 4.39 Å². The highest BCUT2D eigenvalue weighted by molar-refractivity contribution is 9.10. The first-order valence-corrected chi connectivity index (χ1v) is 7.74. The number of halogens is 2. The van der Waals surface area contributed by atoms with Gasteiger partial charge in [0.15, 0.2) is 0 Å². The first-order valence-electron chi connectivity index (χ1n) is 5.46. The maximum Gasteiger partial charge on any atom is 0.243 e. The van der Waals surface area contributed by atoms with Crippen LogP contribution in [0, 0.1) is 5.82 Å². The van der Waals surface area contributed by atoms with Gasteiger partial charge in [0.25, 0.3) is 0 Å². The zero-order valence-corrected chi connectivity index (χ0v) is 11.5. The molecule has 0 aromatic heterocycles. The van der Waals surface area contributed by atoms with E-state index in [0.717, 1.165) is 31.7 Å². The van der Waals surface area contributed by atoms with Gasteiger partial charge in [-0.1, -0.05) is 28.8 Å². The second-order valence-electron chi connectivity index (χ2n) is 4.18. The Labute approximate surface area is 109 Å². The molecule has 1 aliphatic rings. The van der Waals surface area contributed by atoms with Gasteiger partial charge in [-0.2, -0.15) is 0 Å². The summed E-state index contributed by atoms with van der Waals surface area (Å²) in [5.41, 5.74) is 0. The average Bonchev–Trinajstić information content (AvgIpc) is 2.68. The summed E-state index contributed by atoms with van der Waals surface area (Å²) in [6, 6.07) is 3.90. The molecule has 1 fully saturated rings. The highest BCUT2D eigenvalue weighted by Gasteiger charge is 2.25. The lowest BCUT2D eigenvalue weighted by Crippen LogP contribution is -2.33. The summed E-state index contributed by atoms with van der Waals surface area (Å²) in [5.74, 6) is -0.732. The number of nitrogens with one attached hydrogen (secondary N) is 1. The van der Waals surface area contributed by atoms with Crippen LogP contribution in [-0.2, 0) is 10.0 Å². The maximum atomic E-state index is 13.6. The van der Waals surface area contributed by atoms with Crippen molar-refractivity contribution in [2.24, 2.45) is 0 Å². The summed E-state index contributed by atoms with van der Waals surface area (Å²) in [7, 11) is -3.74. The molecule has 0 heterocycles. The first kappa shape index (κ1) is 13.0. The molecule has 1 aromatic rings. The SMILES string of the molecule is O=S(=O)(NC1CCCC1)c1ccc(Br)cc1F. The van der Waals surface area contributed by atoms with Gasteiger partial charge in [0, 0.05) is 10.5 Å². The van der Waals surface area contributed by atoms with Crippen molar-refractivity contribution >= 4 is 26.0 Å². The van der Waals surface area contributed by atoms with E-state index in [1.807, 2.05) is 0 Å². The van der Waals surface area contributed by atoms with Crippen molar-refractivity contribution in [3.8, 4) is 0 Å². The highest BCUT2D eigenvalue weighted by Crippen LogP contribution is 2.23. The van der Waals surface area contributed by atoms with E-state index in [1.165, 1.54) is 12.1 Å². The Morgan fingerprint density at radius 2 is 1.94 bits per heavy atom. The monoisotopic (exact) mass is 321 g/mol. The standard InChI is InChI=1S/C11H13BrFNO2S/c12-8-5-6-11(10(13)7-8)17(15,16)14-9-3-1-2-4-9/h5-7,9,14H,1-4H2. The molecule has 1 saturated carbocycles. The van der Waals surface area contributed by atoms with Crippen LogP contribution < -0.4 is 4.72 Å². The Balaban J connectivity index is 2.24. The molecule has 1 N–H and O–H groups in total. The molecular formula is C11H13BrFNO2S. The third-order valence-corrected chi connectivity index (χ3v) is 4.91. The van der Waals surface area contributed by atoms with E-state index < -0.39 is 15.8 Å². The molecule has 2 rings (SSSR count). The van der Waals surface area contributed by atoms with Crippen LogP contribution in [0.15, 0.2) is 27.6 Å². The minimum absolute atomic E-state index is 0.0527. The molecule has 0 bridgehead atoms. The molecule has 0 saturated heterocycles. The average molecular weight is 322 g/mol. The van der Waals surface area contributed by atoms with Crippen molar-refractivity contribution in [1.29, 1.82) is 0 Å². The zero-order chi connectivity index (χ0) is 12.5. The predicted molar refractivity (Wildman–Crippen MR) is 66.7 cm³/mol. The molecule has 6 heteroatoms. The first-order chi connectivity index (χ1) is 7.99. The van der Waals surface area contributed by atoms with Gasteiger partial charge in [0.05, 0.1) is 0 Å². The Kier molecular flexibility index (Phi) is 3.85.